The Hall–Kier alpha value is -1.64. The summed E-state index contributed by atoms with van der Waals surface area (Å²) < 4.78 is 0. The first-order valence-electron chi connectivity index (χ1n) is 5.08. The van der Waals surface area contributed by atoms with Gasteiger partial charge in [0.05, 0.1) is 0 Å². The van der Waals surface area contributed by atoms with Gasteiger partial charge in [-0.15, -0.1) is 0 Å². The molecule has 0 aromatic heterocycles. The smallest absolute Gasteiger partial charge is 0.137 e. The number of hydrogen-bond acceptors (Lipinski definition) is 3. The van der Waals surface area contributed by atoms with Crippen LogP contribution in [-0.2, 0) is 11.2 Å². The molecule has 0 aliphatic carbocycles. The number of Topliss-reactive ketones (excluding diaryl/α,β-unsaturated/α-hetero) is 1. The van der Waals surface area contributed by atoms with E-state index in [1.165, 1.54) is 6.21 Å². The number of nitrogens with two attached hydrogens (primary N) is 1. The van der Waals surface area contributed by atoms with E-state index in [4.69, 9.17) is 11.1 Å². The Morgan fingerprint density at radius 3 is 2.87 bits per heavy atom. The summed E-state index contributed by atoms with van der Waals surface area (Å²) in [4.78, 5) is 11.4. The van der Waals surface area contributed by atoms with Crippen LogP contribution in [0.2, 0.25) is 0 Å². The molecule has 3 heteroatoms. The quantitative estimate of drug-likeness (QED) is 0.570. The molecule has 0 fully saturated rings. The van der Waals surface area contributed by atoms with Gasteiger partial charge in [0, 0.05) is 30.3 Å². The lowest BCUT2D eigenvalue weighted by Crippen LogP contribution is -2.03. The fourth-order valence-corrected chi connectivity index (χ4v) is 1.45. The van der Waals surface area contributed by atoms with Gasteiger partial charge in [-0.1, -0.05) is 13.0 Å². The van der Waals surface area contributed by atoms with Crippen molar-refractivity contribution in [1.82, 2.24) is 0 Å². The molecule has 80 valence electrons. The minimum atomic E-state index is 0.234. The zero-order valence-electron chi connectivity index (χ0n) is 8.92. The van der Waals surface area contributed by atoms with Crippen molar-refractivity contribution in [3.8, 4) is 0 Å². The maximum absolute atomic E-state index is 11.4. The molecule has 15 heavy (non-hydrogen) atoms. The standard InChI is InChI=1S/C12H16N2O/c1-2-3-11(15)7-9-4-5-12(14)10(6-9)8-13/h4-6,8,13H,2-3,7,14H2,1H3. The molecule has 0 unspecified atom stereocenters. The topological polar surface area (TPSA) is 66.9 Å². The molecular weight excluding hydrogens is 188 g/mol. The molecule has 0 spiro atoms. The number of ketones is 1. The van der Waals surface area contributed by atoms with Gasteiger partial charge in [0.15, 0.2) is 0 Å². The second kappa shape index (κ2) is 5.29. The van der Waals surface area contributed by atoms with Gasteiger partial charge in [-0.2, -0.15) is 0 Å². The van der Waals surface area contributed by atoms with Gasteiger partial charge >= 0.3 is 0 Å². The summed E-state index contributed by atoms with van der Waals surface area (Å²) in [7, 11) is 0. The molecule has 3 N–H and O–H groups in total. The second-order valence-corrected chi connectivity index (χ2v) is 3.57. The summed E-state index contributed by atoms with van der Waals surface area (Å²) in [5.74, 6) is 0.234. The molecule has 0 aliphatic heterocycles. The van der Waals surface area contributed by atoms with E-state index in [1.54, 1.807) is 12.1 Å². The third kappa shape index (κ3) is 3.20. The van der Waals surface area contributed by atoms with E-state index in [0.717, 1.165) is 12.0 Å². The zero-order chi connectivity index (χ0) is 11.3. The number of nitrogen functional groups attached to an aromatic ring is 1. The molecule has 0 amide bonds. The van der Waals surface area contributed by atoms with Crippen LogP contribution in [0, 0.1) is 5.41 Å². The third-order valence-electron chi connectivity index (χ3n) is 2.24. The van der Waals surface area contributed by atoms with Gasteiger partial charge in [0.1, 0.15) is 5.78 Å². The molecule has 0 bridgehead atoms. The van der Waals surface area contributed by atoms with Crippen molar-refractivity contribution in [2.45, 2.75) is 26.2 Å². The van der Waals surface area contributed by atoms with E-state index >= 15 is 0 Å². The first kappa shape index (κ1) is 11.4. The minimum Gasteiger partial charge on any atom is -0.398 e. The van der Waals surface area contributed by atoms with E-state index in [9.17, 15) is 4.79 Å². The van der Waals surface area contributed by atoms with Crippen LogP contribution in [0.5, 0.6) is 0 Å². The summed E-state index contributed by atoms with van der Waals surface area (Å²) >= 11 is 0. The molecule has 0 saturated heterocycles. The Morgan fingerprint density at radius 2 is 2.27 bits per heavy atom. The van der Waals surface area contributed by atoms with E-state index in [1.807, 2.05) is 13.0 Å². The highest BCUT2D eigenvalue weighted by Gasteiger charge is 2.04. The molecule has 3 nitrogen and oxygen atoms in total. The Balaban J connectivity index is 2.78. The summed E-state index contributed by atoms with van der Waals surface area (Å²) in [6.07, 6.45) is 3.15. The largest absolute Gasteiger partial charge is 0.398 e. The zero-order valence-corrected chi connectivity index (χ0v) is 8.92. The van der Waals surface area contributed by atoms with Gasteiger partial charge in [0.25, 0.3) is 0 Å². The number of anilines is 1. The van der Waals surface area contributed by atoms with E-state index < -0.39 is 0 Å². The lowest BCUT2D eigenvalue weighted by atomic mass is 10.0. The van der Waals surface area contributed by atoms with Gasteiger partial charge < -0.3 is 11.1 Å². The fourth-order valence-electron chi connectivity index (χ4n) is 1.45. The van der Waals surface area contributed by atoms with Gasteiger partial charge in [-0.3, -0.25) is 4.79 Å². The Kier molecular flexibility index (Phi) is 4.03. The number of rotatable bonds is 5. The average molecular weight is 204 g/mol. The Morgan fingerprint density at radius 1 is 1.53 bits per heavy atom. The van der Waals surface area contributed by atoms with Crippen LogP contribution in [-0.4, -0.2) is 12.0 Å². The van der Waals surface area contributed by atoms with Crippen molar-refractivity contribution >= 4 is 17.7 Å². The lowest BCUT2D eigenvalue weighted by Gasteiger charge is -2.04. The van der Waals surface area contributed by atoms with Crippen LogP contribution >= 0.6 is 0 Å². The van der Waals surface area contributed by atoms with Crippen molar-refractivity contribution in [2.75, 3.05) is 5.73 Å². The first-order chi connectivity index (χ1) is 7.17. The summed E-state index contributed by atoms with van der Waals surface area (Å²) in [5.41, 5.74) is 7.84. The molecule has 0 atom stereocenters. The van der Waals surface area contributed by atoms with Crippen molar-refractivity contribution in [1.29, 1.82) is 5.41 Å². The predicted molar refractivity (Wildman–Crippen MR) is 62.4 cm³/mol. The van der Waals surface area contributed by atoms with Gasteiger partial charge in [0.2, 0.25) is 0 Å². The molecular formula is C12H16N2O. The van der Waals surface area contributed by atoms with Crippen LogP contribution < -0.4 is 5.73 Å². The van der Waals surface area contributed by atoms with E-state index in [2.05, 4.69) is 0 Å². The number of nitrogens with one attached hydrogen (secondary N) is 1. The van der Waals surface area contributed by atoms with E-state index in [-0.39, 0.29) is 5.78 Å². The normalized spacial score (nSPS) is 9.93. The Bertz CT molecular complexity index is 372. The molecule has 0 saturated carbocycles. The molecule has 0 aliphatic rings. The van der Waals surface area contributed by atoms with Gasteiger partial charge in [-0.05, 0) is 24.1 Å². The average Bonchev–Trinajstić information content (AvgIpc) is 2.21. The highest BCUT2D eigenvalue weighted by atomic mass is 16.1. The van der Waals surface area contributed by atoms with E-state index in [0.29, 0.717) is 24.1 Å². The van der Waals surface area contributed by atoms with Crippen molar-refractivity contribution in [2.24, 2.45) is 0 Å². The molecule has 0 radical (unpaired) electrons. The number of benzene rings is 1. The Labute approximate surface area is 89.8 Å². The molecule has 0 heterocycles. The number of carbonyl (C=O) groups excluding carboxylic acids is 1. The maximum Gasteiger partial charge on any atom is 0.137 e. The fraction of sp³-hybridized carbons (Fsp3) is 0.333. The third-order valence-corrected chi connectivity index (χ3v) is 2.24. The van der Waals surface area contributed by atoms with Crippen molar-refractivity contribution in [3.63, 3.8) is 0 Å². The summed E-state index contributed by atoms with van der Waals surface area (Å²) in [6.45, 7) is 1.99. The molecule has 1 rings (SSSR count). The number of hydrogen-bond donors (Lipinski definition) is 2. The predicted octanol–water partition coefficient (Wildman–Crippen LogP) is 2.18. The van der Waals surface area contributed by atoms with Crippen LogP contribution in [0.1, 0.15) is 30.9 Å². The van der Waals surface area contributed by atoms with Gasteiger partial charge in [-0.25, -0.2) is 0 Å². The van der Waals surface area contributed by atoms with Crippen LogP contribution in [0.4, 0.5) is 5.69 Å². The van der Waals surface area contributed by atoms with Crippen molar-refractivity contribution < 1.29 is 4.79 Å². The SMILES string of the molecule is CCCC(=O)Cc1ccc(N)c(C=N)c1. The monoisotopic (exact) mass is 204 g/mol. The summed E-state index contributed by atoms with van der Waals surface area (Å²) in [6, 6.07) is 5.39. The minimum absolute atomic E-state index is 0.234. The van der Waals surface area contributed by atoms with Crippen LogP contribution in [0.25, 0.3) is 0 Å². The molecule has 1 aromatic carbocycles. The first-order valence-corrected chi connectivity index (χ1v) is 5.08. The van der Waals surface area contributed by atoms with Crippen LogP contribution in [0.15, 0.2) is 18.2 Å². The van der Waals surface area contributed by atoms with Crippen molar-refractivity contribution in [3.05, 3.63) is 29.3 Å². The summed E-state index contributed by atoms with van der Waals surface area (Å²) in [5, 5.41) is 7.15. The second-order valence-electron chi connectivity index (χ2n) is 3.57. The highest BCUT2D eigenvalue weighted by Crippen LogP contribution is 2.13. The highest BCUT2D eigenvalue weighted by molar-refractivity contribution is 5.86. The number of carbonyl (C=O) groups is 1. The maximum atomic E-state index is 11.4. The lowest BCUT2D eigenvalue weighted by molar-refractivity contribution is -0.118. The van der Waals surface area contributed by atoms with Crippen LogP contribution in [0.3, 0.4) is 0 Å². The molecule has 1 aromatic rings.